The predicted octanol–water partition coefficient (Wildman–Crippen LogP) is 1.33. The molecule has 0 radical (unpaired) electrons. The maximum absolute atomic E-state index is 11.4. The highest BCUT2D eigenvalue weighted by Crippen LogP contribution is 2.10. The number of nitrogens with one attached hydrogen (secondary N) is 1. The average Bonchev–Trinajstić information content (AvgIpc) is 2.03. The van der Waals surface area contributed by atoms with Crippen LogP contribution in [-0.2, 0) is 9.53 Å². The topological polar surface area (TPSA) is 76.2 Å². The Morgan fingerprint density at radius 1 is 1.50 bits per heavy atom. The van der Waals surface area contributed by atoms with Gasteiger partial charge in [-0.05, 0) is 27.2 Å². The van der Waals surface area contributed by atoms with E-state index in [0.717, 1.165) is 0 Å². The Bertz CT molecular complexity index is 215. The molecule has 0 aliphatic rings. The molecule has 4 nitrogen and oxygen atoms in total. The highest BCUT2D eigenvalue weighted by atomic mass is 16.6. The molecule has 0 aromatic rings. The Morgan fingerprint density at radius 2 is 2.00 bits per heavy atom. The van der Waals surface area contributed by atoms with Gasteiger partial charge in [-0.1, -0.05) is 6.92 Å². The fraction of sp³-hybridized carbons (Fsp3) is 0.800. The normalized spacial score (nSPS) is 13.5. The zero-order valence-electron chi connectivity index (χ0n) is 9.39. The fourth-order valence-electron chi connectivity index (χ4n) is 0.988. The van der Waals surface area contributed by atoms with E-state index in [-0.39, 0.29) is 11.6 Å². The molecule has 0 saturated heterocycles. The molecule has 0 heterocycles. The third-order valence-electron chi connectivity index (χ3n) is 1.80. The number of esters is 1. The van der Waals surface area contributed by atoms with Crippen LogP contribution in [0.25, 0.3) is 0 Å². The van der Waals surface area contributed by atoms with E-state index in [1.165, 1.54) is 0 Å². The SMILES string of the molecule is CC[C@H](CN)C(=N)C(=O)OC(C)(C)C. The Labute approximate surface area is 85.3 Å². The smallest absolute Gasteiger partial charge is 0.352 e. The van der Waals surface area contributed by atoms with Crippen LogP contribution in [-0.4, -0.2) is 23.8 Å². The number of carbonyl (C=O) groups is 1. The van der Waals surface area contributed by atoms with Crippen LogP contribution >= 0.6 is 0 Å². The fourth-order valence-corrected chi connectivity index (χ4v) is 0.988. The van der Waals surface area contributed by atoms with Crippen LogP contribution in [0.1, 0.15) is 34.1 Å². The van der Waals surface area contributed by atoms with E-state index in [9.17, 15) is 4.79 Å². The summed E-state index contributed by atoms with van der Waals surface area (Å²) in [5, 5.41) is 7.58. The monoisotopic (exact) mass is 200 g/mol. The van der Waals surface area contributed by atoms with E-state index in [1.807, 2.05) is 6.92 Å². The van der Waals surface area contributed by atoms with Crippen LogP contribution in [0.15, 0.2) is 0 Å². The van der Waals surface area contributed by atoms with Crippen LogP contribution < -0.4 is 5.73 Å². The number of rotatable bonds is 4. The summed E-state index contributed by atoms with van der Waals surface area (Å²) in [5.41, 5.74) is 4.87. The van der Waals surface area contributed by atoms with Crippen molar-refractivity contribution in [3.05, 3.63) is 0 Å². The van der Waals surface area contributed by atoms with Crippen molar-refractivity contribution in [2.45, 2.75) is 39.7 Å². The van der Waals surface area contributed by atoms with Crippen LogP contribution in [0.4, 0.5) is 0 Å². The van der Waals surface area contributed by atoms with Crippen LogP contribution in [0.5, 0.6) is 0 Å². The van der Waals surface area contributed by atoms with Gasteiger partial charge in [0, 0.05) is 12.5 Å². The minimum Gasteiger partial charge on any atom is -0.455 e. The molecule has 0 saturated carbocycles. The second-order valence-electron chi connectivity index (χ2n) is 4.26. The van der Waals surface area contributed by atoms with Crippen LogP contribution in [0.2, 0.25) is 0 Å². The molecule has 0 aliphatic carbocycles. The van der Waals surface area contributed by atoms with Crippen LogP contribution in [0, 0.1) is 11.3 Å². The first kappa shape index (κ1) is 13.1. The lowest BCUT2D eigenvalue weighted by Gasteiger charge is -2.21. The maximum atomic E-state index is 11.4. The Morgan fingerprint density at radius 3 is 2.29 bits per heavy atom. The van der Waals surface area contributed by atoms with Gasteiger partial charge in [-0.25, -0.2) is 4.79 Å². The summed E-state index contributed by atoms with van der Waals surface area (Å²) >= 11 is 0. The minimum atomic E-state index is -0.560. The molecule has 0 aromatic heterocycles. The third kappa shape index (κ3) is 4.37. The van der Waals surface area contributed by atoms with Crippen molar-refractivity contribution in [2.75, 3.05) is 6.54 Å². The molecule has 0 unspecified atom stereocenters. The third-order valence-corrected chi connectivity index (χ3v) is 1.80. The van der Waals surface area contributed by atoms with Crippen molar-refractivity contribution >= 4 is 11.7 Å². The molecule has 82 valence electrons. The highest BCUT2D eigenvalue weighted by molar-refractivity contribution is 6.36. The lowest BCUT2D eigenvalue weighted by Crippen LogP contribution is -2.34. The van der Waals surface area contributed by atoms with Gasteiger partial charge in [0.2, 0.25) is 0 Å². The first-order chi connectivity index (χ1) is 6.31. The summed E-state index contributed by atoms with van der Waals surface area (Å²) in [4.78, 5) is 11.4. The Hall–Kier alpha value is -0.900. The van der Waals surface area contributed by atoms with Crippen molar-refractivity contribution in [1.82, 2.24) is 0 Å². The van der Waals surface area contributed by atoms with E-state index >= 15 is 0 Å². The largest absolute Gasteiger partial charge is 0.455 e. The second-order valence-corrected chi connectivity index (χ2v) is 4.26. The van der Waals surface area contributed by atoms with E-state index in [0.29, 0.717) is 13.0 Å². The summed E-state index contributed by atoms with van der Waals surface area (Å²) in [6.07, 6.45) is 0.689. The van der Waals surface area contributed by atoms with Crippen molar-refractivity contribution in [3.63, 3.8) is 0 Å². The molecule has 0 aromatic carbocycles. The summed E-state index contributed by atoms with van der Waals surface area (Å²) in [5.74, 6) is -0.750. The molecule has 0 amide bonds. The molecule has 4 heteroatoms. The molecule has 3 N–H and O–H groups in total. The van der Waals surface area contributed by atoms with Crippen molar-refractivity contribution in [1.29, 1.82) is 5.41 Å². The number of ether oxygens (including phenoxy) is 1. The van der Waals surface area contributed by atoms with Crippen molar-refractivity contribution < 1.29 is 9.53 Å². The first-order valence-corrected chi connectivity index (χ1v) is 4.83. The van der Waals surface area contributed by atoms with E-state index < -0.39 is 11.6 Å². The van der Waals surface area contributed by atoms with Gasteiger partial charge in [-0.2, -0.15) is 0 Å². The summed E-state index contributed by atoms with van der Waals surface area (Å²) in [6, 6.07) is 0. The first-order valence-electron chi connectivity index (χ1n) is 4.83. The molecular weight excluding hydrogens is 180 g/mol. The van der Waals surface area contributed by atoms with Gasteiger partial charge >= 0.3 is 5.97 Å². The van der Waals surface area contributed by atoms with Gasteiger partial charge in [0.25, 0.3) is 0 Å². The van der Waals surface area contributed by atoms with Crippen molar-refractivity contribution in [2.24, 2.45) is 11.7 Å². The average molecular weight is 200 g/mol. The molecule has 0 fully saturated rings. The Balaban J connectivity index is 4.32. The lowest BCUT2D eigenvalue weighted by molar-refractivity contribution is -0.146. The summed E-state index contributed by atoms with van der Waals surface area (Å²) in [7, 11) is 0. The van der Waals surface area contributed by atoms with E-state index in [2.05, 4.69) is 0 Å². The maximum Gasteiger partial charge on any atom is 0.352 e. The lowest BCUT2D eigenvalue weighted by atomic mass is 10.0. The van der Waals surface area contributed by atoms with Crippen LogP contribution in [0.3, 0.4) is 0 Å². The predicted molar refractivity (Wildman–Crippen MR) is 56.4 cm³/mol. The second kappa shape index (κ2) is 5.10. The zero-order chi connectivity index (χ0) is 11.4. The van der Waals surface area contributed by atoms with E-state index in [4.69, 9.17) is 15.9 Å². The molecule has 1 atom stereocenters. The van der Waals surface area contributed by atoms with Gasteiger partial charge in [0.15, 0.2) is 0 Å². The minimum absolute atomic E-state index is 0.0232. The molecule has 0 rings (SSSR count). The van der Waals surface area contributed by atoms with Gasteiger partial charge in [0.1, 0.15) is 11.3 Å². The number of nitrogens with two attached hydrogens (primary N) is 1. The van der Waals surface area contributed by atoms with Gasteiger partial charge < -0.3 is 10.5 Å². The molecular formula is C10H20N2O2. The summed E-state index contributed by atoms with van der Waals surface area (Å²) in [6.45, 7) is 7.55. The van der Waals surface area contributed by atoms with Crippen molar-refractivity contribution in [3.8, 4) is 0 Å². The molecule has 0 spiro atoms. The summed E-state index contributed by atoms with van der Waals surface area (Å²) < 4.78 is 5.07. The standard InChI is InChI=1S/C10H20N2O2/c1-5-7(6-11)8(12)9(13)14-10(2,3)4/h7,12H,5-6,11H2,1-4H3/t7-/m1/s1. The van der Waals surface area contributed by atoms with Gasteiger partial charge in [0.05, 0.1) is 0 Å². The van der Waals surface area contributed by atoms with Gasteiger partial charge in [-0.15, -0.1) is 0 Å². The number of hydrogen-bond acceptors (Lipinski definition) is 4. The molecule has 14 heavy (non-hydrogen) atoms. The van der Waals surface area contributed by atoms with E-state index in [1.54, 1.807) is 20.8 Å². The number of carbonyl (C=O) groups excluding carboxylic acids is 1. The number of hydrogen-bond donors (Lipinski definition) is 2. The van der Waals surface area contributed by atoms with Gasteiger partial charge in [-0.3, -0.25) is 5.41 Å². The molecule has 0 aliphatic heterocycles. The highest BCUT2D eigenvalue weighted by Gasteiger charge is 2.24. The quantitative estimate of drug-likeness (QED) is 0.531. The molecule has 0 bridgehead atoms. The zero-order valence-corrected chi connectivity index (χ0v) is 9.39. The Kier molecular flexibility index (Phi) is 4.77.